The second-order valence-corrected chi connectivity index (χ2v) is 10.5. The van der Waals surface area contributed by atoms with E-state index in [1.54, 1.807) is 7.11 Å². The van der Waals surface area contributed by atoms with Crippen molar-refractivity contribution in [2.24, 2.45) is 5.92 Å². The summed E-state index contributed by atoms with van der Waals surface area (Å²) in [6.45, 7) is 7.87. The second-order valence-electron chi connectivity index (χ2n) is 10.1. The molecular weight excluding hydrogens is 506 g/mol. The van der Waals surface area contributed by atoms with E-state index in [0.29, 0.717) is 5.11 Å². The van der Waals surface area contributed by atoms with E-state index in [2.05, 4.69) is 62.3 Å². The molecule has 1 fully saturated rings. The summed E-state index contributed by atoms with van der Waals surface area (Å²) in [6, 6.07) is 24.0. The first-order valence-electron chi connectivity index (χ1n) is 13.0. The molecule has 0 unspecified atom stereocenters. The molecule has 0 radical (unpaired) electrons. The van der Waals surface area contributed by atoms with Crippen LogP contribution in [-0.2, 0) is 4.79 Å². The Morgan fingerprint density at radius 2 is 1.77 bits per heavy atom. The highest BCUT2D eigenvalue weighted by Crippen LogP contribution is 2.43. The maximum absolute atomic E-state index is 12.3. The number of carbonyl (C=O) groups excluding carboxylic acids is 1. The Hall–Kier alpha value is -4.17. The minimum absolute atomic E-state index is 0.00917. The van der Waals surface area contributed by atoms with Crippen LogP contribution in [0.4, 0.5) is 11.4 Å². The van der Waals surface area contributed by atoms with Crippen molar-refractivity contribution < 1.29 is 9.53 Å². The molecule has 8 heteroatoms. The Bertz CT molecular complexity index is 1500. The van der Waals surface area contributed by atoms with Crippen LogP contribution in [-0.4, -0.2) is 27.7 Å². The highest BCUT2D eigenvalue weighted by atomic mass is 32.1. The minimum Gasteiger partial charge on any atom is -0.497 e. The summed E-state index contributed by atoms with van der Waals surface area (Å²) in [5.74, 6) is 0.698. The predicted octanol–water partition coefficient (Wildman–Crippen LogP) is 6.27. The van der Waals surface area contributed by atoms with Crippen LogP contribution in [0, 0.1) is 19.8 Å². The molecule has 1 saturated heterocycles. The number of nitrogens with zero attached hydrogens (tertiary/aromatic N) is 3. The highest BCUT2D eigenvalue weighted by molar-refractivity contribution is 7.80. The van der Waals surface area contributed by atoms with Gasteiger partial charge < -0.3 is 24.8 Å². The van der Waals surface area contributed by atoms with Crippen LogP contribution in [0.25, 0.3) is 5.69 Å². The summed E-state index contributed by atoms with van der Waals surface area (Å²) in [7, 11) is 1.67. The van der Waals surface area contributed by atoms with Crippen molar-refractivity contribution >= 4 is 34.6 Å². The quantitative estimate of drug-likeness (QED) is 0.270. The molecule has 5 rings (SSSR count). The van der Waals surface area contributed by atoms with Crippen molar-refractivity contribution in [2.45, 2.75) is 39.8 Å². The van der Waals surface area contributed by atoms with Crippen LogP contribution in [0.5, 0.6) is 5.75 Å². The molecule has 39 heavy (non-hydrogen) atoms. The molecule has 200 valence electrons. The van der Waals surface area contributed by atoms with Gasteiger partial charge in [-0.05, 0) is 98.4 Å². The van der Waals surface area contributed by atoms with Gasteiger partial charge in [0.1, 0.15) is 11.8 Å². The summed E-state index contributed by atoms with van der Waals surface area (Å²) in [5, 5.41) is 7.20. The van der Waals surface area contributed by atoms with Gasteiger partial charge in [0.25, 0.3) is 0 Å². The molecule has 4 aromatic rings. The summed E-state index contributed by atoms with van der Waals surface area (Å²) in [5.41, 5.74) is 6.83. The fourth-order valence-electron chi connectivity index (χ4n) is 5.02. The normalized spacial score (nSPS) is 16.9. The number of pyridine rings is 1. The van der Waals surface area contributed by atoms with Crippen LogP contribution in [0.1, 0.15) is 48.6 Å². The number of aryl methyl sites for hydroxylation is 2. The monoisotopic (exact) mass is 539 g/mol. The molecule has 0 aliphatic carbocycles. The van der Waals surface area contributed by atoms with Gasteiger partial charge in [-0.2, -0.15) is 0 Å². The van der Waals surface area contributed by atoms with E-state index in [0.717, 1.165) is 45.5 Å². The molecule has 1 amide bonds. The van der Waals surface area contributed by atoms with Crippen molar-refractivity contribution in [1.29, 1.82) is 0 Å². The van der Waals surface area contributed by atoms with E-state index in [-0.39, 0.29) is 23.9 Å². The number of anilines is 2. The maximum atomic E-state index is 12.3. The van der Waals surface area contributed by atoms with Crippen molar-refractivity contribution in [3.63, 3.8) is 0 Å². The number of carbonyl (C=O) groups is 1. The van der Waals surface area contributed by atoms with Gasteiger partial charge in [0.15, 0.2) is 5.11 Å². The van der Waals surface area contributed by atoms with Crippen molar-refractivity contribution in [1.82, 2.24) is 14.9 Å². The summed E-state index contributed by atoms with van der Waals surface area (Å²) >= 11 is 5.95. The Balaban J connectivity index is 1.62. The number of methoxy groups -OCH3 is 1. The molecular formula is C31H33N5O2S. The zero-order valence-corrected chi connectivity index (χ0v) is 23.6. The van der Waals surface area contributed by atoms with E-state index in [9.17, 15) is 4.79 Å². The van der Waals surface area contributed by atoms with Gasteiger partial charge in [-0.25, -0.2) is 0 Å². The largest absolute Gasteiger partial charge is 0.497 e. The molecule has 2 aromatic heterocycles. The molecule has 2 N–H and O–H groups in total. The zero-order chi connectivity index (χ0) is 27.7. The van der Waals surface area contributed by atoms with Gasteiger partial charge in [-0.15, -0.1) is 0 Å². The van der Waals surface area contributed by atoms with Crippen molar-refractivity contribution in [3.05, 3.63) is 102 Å². The highest BCUT2D eigenvalue weighted by Gasteiger charge is 2.42. The Labute approximate surface area is 234 Å². The van der Waals surface area contributed by atoms with E-state index in [1.807, 2.05) is 69.4 Å². The third-order valence-electron chi connectivity index (χ3n) is 7.11. The molecule has 1 aliphatic heterocycles. The minimum atomic E-state index is -0.182. The Kier molecular flexibility index (Phi) is 7.39. The average Bonchev–Trinajstić information content (AvgIpc) is 3.49. The second kappa shape index (κ2) is 10.9. The first-order valence-corrected chi connectivity index (χ1v) is 13.4. The van der Waals surface area contributed by atoms with Gasteiger partial charge in [0, 0.05) is 40.6 Å². The van der Waals surface area contributed by atoms with Crippen LogP contribution in [0.15, 0.2) is 79.0 Å². The number of ether oxygens (including phenoxy) is 1. The molecule has 1 aliphatic rings. The maximum Gasteiger partial charge on any atom is 0.226 e. The third-order valence-corrected chi connectivity index (χ3v) is 7.42. The summed E-state index contributed by atoms with van der Waals surface area (Å²) in [4.78, 5) is 19.2. The predicted molar refractivity (Wildman–Crippen MR) is 160 cm³/mol. The lowest BCUT2D eigenvalue weighted by molar-refractivity contribution is -0.118. The molecule has 0 saturated carbocycles. The molecule has 0 spiro atoms. The Morgan fingerprint density at radius 3 is 2.41 bits per heavy atom. The van der Waals surface area contributed by atoms with Crippen molar-refractivity contribution in [2.75, 3.05) is 17.3 Å². The number of hydrogen-bond donors (Lipinski definition) is 2. The van der Waals surface area contributed by atoms with E-state index in [1.165, 1.54) is 0 Å². The fourth-order valence-corrected chi connectivity index (χ4v) is 5.37. The summed E-state index contributed by atoms with van der Waals surface area (Å²) < 4.78 is 7.65. The molecule has 3 heterocycles. The molecule has 2 aromatic carbocycles. The number of aromatic nitrogens is 2. The van der Waals surface area contributed by atoms with Crippen LogP contribution in [0.2, 0.25) is 0 Å². The van der Waals surface area contributed by atoms with Gasteiger partial charge in [0.05, 0.1) is 18.8 Å². The standard InChI is InChI=1S/C31H33N5O2S/c1-19(2)30(37)33-25-15-12-23(18-20(25)3)36-29(28(34-31(36)39)26-8-6-7-17-32-26)27-16-9-21(4)35(27)22-10-13-24(38-5)14-11-22/h6-19,28-29H,1-5H3,(H,33,37)(H,34,39)/t28-,29+/m0/s1. The SMILES string of the molecule is COc1ccc(-n2c(C)ccc2[C@@H]2[C@H](c3ccccn3)NC(=S)N2c2ccc(NC(=O)C(C)C)c(C)c2)cc1. The Morgan fingerprint density at radius 1 is 1.03 bits per heavy atom. The van der Waals surface area contributed by atoms with E-state index < -0.39 is 0 Å². The summed E-state index contributed by atoms with van der Waals surface area (Å²) in [6.07, 6.45) is 1.81. The number of hydrogen-bond acceptors (Lipinski definition) is 4. The number of benzene rings is 2. The first kappa shape index (κ1) is 26.4. The number of amides is 1. The van der Waals surface area contributed by atoms with E-state index in [4.69, 9.17) is 17.0 Å². The number of nitrogens with one attached hydrogen (secondary N) is 2. The van der Waals surface area contributed by atoms with E-state index >= 15 is 0 Å². The van der Waals surface area contributed by atoms with Crippen LogP contribution in [0.3, 0.4) is 0 Å². The first-order chi connectivity index (χ1) is 18.8. The lowest BCUT2D eigenvalue weighted by atomic mass is 10.00. The van der Waals surface area contributed by atoms with Gasteiger partial charge in [-0.3, -0.25) is 9.78 Å². The van der Waals surface area contributed by atoms with Gasteiger partial charge in [-0.1, -0.05) is 19.9 Å². The number of rotatable bonds is 7. The fraction of sp³-hybridized carbons (Fsp3) is 0.258. The number of thiocarbonyl (C=S) groups is 1. The molecule has 2 atom stereocenters. The lowest BCUT2D eigenvalue weighted by Crippen LogP contribution is -2.30. The smallest absolute Gasteiger partial charge is 0.226 e. The third kappa shape index (κ3) is 5.12. The van der Waals surface area contributed by atoms with Crippen LogP contribution >= 0.6 is 12.2 Å². The van der Waals surface area contributed by atoms with Gasteiger partial charge >= 0.3 is 0 Å². The molecule has 7 nitrogen and oxygen atoms in total. The molecule has 0 bridgehead atoms. The van der Waals surface area contributed by atoms with Gasteiger partial charge in [0.2, 0.25) is 5.91 Å². The van der Waals surface area contributed by atoms with Crippen molar-refractivity contribution in [3.8, 4) is 11.4 Å². The average molecular weight is 540 g/mol. The van der Waals surface area contributed by atoms with Crippen LogP contribution < -0.4 is 20.3 Å². The lowest BCUT2D eigenvalue weighted by Gasteiger charge is -2.30. The zero-order valence-electron chi connectivity index (χ0n) is 22.8. The topological polar surface area (TPSA) is 71.4 Å².